The van der Waals surface area contributed by atoms with Crippen LogP contribution in [-0.2, 0) is 4.74 Å². The van der Waals surface area contributed by atoms with Gasteiger partial charge in [-0.25, -0.2) is 9.18 Å². The molecule has 0 radical (unpaired) electrons. The molecule has 5 nitrogen and oxygen atoms in total. The van der Waals surface area contributed by atoms with Crippen molar-refractivity contribution in [3.63, 3.8) is 0 Å². The molecule has 1 saturated heterocycles. The third-order valence-electron chi connectivity index (χ3n) is 4.18. The SMILES string of the molecule is Cc1ccc(C#N)cc1NC(=O)N1CCOC(c2cccc(F)c2)C1. The second-order valence-corrected chi connectivity index (χ2v) is 5.93. The molecule has 1 fully saturated rings. The molecule has 2 amide bonds. The number of rotatable bonds is 2. The summed E-state index contributed by atoms with van der Waals surface area (Å²) in [5.41, 5.74) is 2.68. The highest BCUT2D eigenvalue weighted by atomic mass is 19.1. The van der Waals surface area contributed by atoms with Crippen molar-refractivity contribution in [3.8, 4) is 6.07 Å². The van der Waals surface area contributed by atoms with Gasteiger partial charge in [-0.2, -0.15) is 5.26 Å². The number of carbonyl (C=O) groups excluding carboxylic acids is 1. The average molecular weight is 339 g/mol. The summed E-state index contributed by atoms with van der Waals surface area (Å²) >= 11 is 0. The molecule has 0 aliphatic carbocycles. The number of amides is 2. The van der Waals surface area contributed by atoms with Crippen LogP contribution in [0, 0.1) is 24.1 Å². The van der Waals surface area contributed by atoms with Crippen molar-refractivity contribution in [1.29, 1.82) is 5.26 Å². The van der Waals surface area contributed by atoms with Gasteiger partial charge in [0.15, 0.2) is 0 Å². The maximum absolute atomic E-state index is 13.4. The lowest BCUT2D eigenvalue weighted by Crippen LogP contribution is -2.44. The molecule has 0 spiro atoms. The summed E-state index contributed by atoms with van der Waals surface area (Å²) in [6, 6.07) is 13.2. The lowest BCUT2D eigenvalue weighted by Gasteiger charge is -2.33. The molecular weight excluding hydrogens is 321 g/mol. The smallest absolute Gasteiger partial charge is 0.322 e. The zero-order valence-corrected chi connectivity index (χ0v) is 13.8. The number of nitrogens with zero attached hydrogens (tertiary/aromatic N) is 2. The van der Waals surface area contributed by atoms with Crippen LogP contribution in [0.3, 0.4) is 0 Å². The van der Waals surface area contributed by atoms with E-state index in [-0.39, 0.29) is 18.0 Å². The molecule has 0 saturated carbocycles. The number of halogens is 1. The van der Waals surface area contributed by atoms with Crippen LogP contribution in [0.15, 0.2) is 42.5 Å². The molecule has 1 aliphatic heterocycles. The second kappa shape index (κ2) is 7.32. The maximum Gasteiger partial charge on any atom is 0.322 e. The fraction of sp³-hybridized carbons (Fsp3) is 0.263. The molecule has 2 aromatic rings. The van der Waals surface area contributed by atoms with Gasteiger partial charge < -0.3 is 15.0 Å². The number of anilines is 1. The molecule has 3 rings (SSSR count). The van der Waals surface area contributed by atoms with Crippen molar-refractivity contribution in [2.45, 2.75) is 13.0 Å². The van der Waals surface area contributed by atoms with Crippen LogP contribution < -0.4 is 5.32 Å². The monoisotopic (exact) mass is 339 g/mol. The molecule has 0 bridgehead atoms. The van der Waals surface area contributed by atoms with Crippen molar-refractivity contribution >= 4 is 11.7 Å². The van der Waals surface area contributed by atoms with Gasteiger partial charge in [0.1, 0.15) is 11.9 Å². The molecule has 6 heteroatoms. The molecule has 1 aliphatic rings. The Morgan fingerprint density at radius 2 is 2.20 bits per heavy atom. The summed E-state index contributed by atoms with van der Waals surface area (Å²) in [6.07, 6.45) is -0.360. The Morgan fingerprint density at radius 1 is 1.36 bits per heavy atom. The van der Waals surface area contributed by atoms with Crippen LogP contribution in [0.4, 0.5) is 14.9 Å². The van der Waals surface area contributed by atoms with Crippen LogP contribution in [0.1, 0.15) is 22.8 Å². The van der Waals surface area contributed by atoms with E-state index < -0.39 is 0 Å². The Hall–Kier alpha value is -2.91. The number of carbonyl (C=O) groups is 1. The Bertz CT molecular complexity index is 832. The minimum Gasteiger partial charge on any atom is -0.370 e. The summed E-state index contributed by atoms with van der Waals surface area (Å²) in [6.45, 7) is 3.04. The van der Waals surface area contributed by atoms with Gasteiger partial charge in [0.05, 0.1) is 24.8 Å². The Labute approximate surface area is 145 Å². The summed E-state index contributed by atoms with van der Waals surface area (Å²) in [4.78, 5) is 14.2. The van der Waals surface area contributed by atoms with Crippen molar-refractivity contribution in [2.24, 2.45) is 0 Å². The number of morpholine rings is 1. The van der Waals surface area contributed by atoms with Crippen LogP contribution in [0.5, 0.6) is 0 Å². The topological polar surface area (TPSA) is 65.4 Å². The van der Waals surface area contributed by atoms with Gasteiger partial charge in [0, 0.05) is 12.2 Å². The van der Waals surface area contributed by atoms with Crippen LogP contribution >= 0.6 is 0 Å². The van der Waals surface area contributed by atoms with Gasteiger partial charge in [-0.05, 0) is 42.3 Å². The predicted octanol–water partition coefficient (Wildman–Crippen LogP) is 3.61. The first kappa shape index (κ1) is 16.9. The zero-order valence-electron chi connectivity index (χ0n) is 13.8. The minimum absolute atomic E-state index is 0.261. The summed E-state index contributed by atoms with van der Waals surface area (Å²) in [5, 5.41) is 11.8. The number of nitrogens with one attached hydrogen (secondary N) is 1. The number of ether oxygens (including phenoxy) is 1. The van der Waals surface area contributed by atoms with E-state index in [0.717, 1.165) is 5.56 Å². The Kier molecular flexibility index (Phi) is 4.96. The van der Waals surface area contributed by atoms with Gasteiger partial charge in [-0.3, -0.25) is 0 Å². The predicted molar refractivity (Wildman–Crippen MR) is 91.6 cm³/mol. The van der Waals surface area contributed by atoms with Gasteiger partial charge >= 0.3 is 6.03 Å². The minimum atomic E-state index is -0.360. The van der Waals surface area contributed by atoms with E-state index >= 15 is 0 Å². The lowest BCUT2D eigenvalue weighted by molar-refractivity contribution is -0.0136. The number of aryl methyl sites for hydroxylation is 1. The average Bonchev–Trinajstić information content (AvgIpc) is 2.63. The maximum atomic E-state index is 13.4. The van der Waals surface area contributed by atoms with Gasteiger partial charge in [0.2, 0.25) is 0 Å². The molecule has 1 unspecified atom stereocenters. The highest BCUT2D eigenvalue weighted by Gasteiger charge is 2.26. The number of hydrogen-bond acceptors (Lipinski definition) is 3. The van der Waals surface area contributed by atoms with E-state index in [9.17, 15) is 9.18 Å². The van der Waals surface area contributed by atoms with Crippen LogP contribution in [0.2, 0.25) is 0 Å². The quantitative estimate of drug-likeness (QED) is 0.909. The summed E-state index contributed by atoms with van der Waals surface area (Å²) in [7, 11) is 0. The Morgan fingerprint density at radius 3 is 2.96 bits per heavy atom. The first-order chi connectivity index (χ1) is 12.1. The molecule has 0 aromatic heterocycles. The van der Waals surface area contributed by atoms with E-state index in [0.29, 0.717) is 36.5 Å². The molecule has 1 atom stereocenters. The molecule has 25 heavy (non-hydrogen) atoms. The number of benzene rings is 2. The van der Waals surface area contributed by atoms with Crippen molar-refractivity contribution in [3.05, 3.63) is 65.0 Å². The van der Waals surface area contributed by atoms with Gasteiger partial charge in [-0.15, -0.1) is 0 Å². The van der Waals surface area contributed by atoms with E-state index in [4.69, 9.17) is 10.00 Å². The first-order valence-electron chi connectivity index (χ1n) is 8.00. The lowest BCUT2D eigenvalue weighted by atomic mass is 10.1. The third-order valence-corrected chi connectivity index (χ3v) is 4.18. The molecule has 128 valence electrons. The fourth-order valence-corrected chi connectivity index (χ4v) is 2.76. The van der Waals surface area contributed by atoms with Crippen molar-refractivity contribution in [1.82, 2.24) is 4.90 Å². The van der Waals surface area contributed by atoms with E-state index in [1.54, 1.807) is 35.2 Å². The van der Waals surface area contributed by atoms with Gasteiger partial charge in [0.25, 0.3) is 0 Å². The molecule has 1 N–H and O–H groups in total. The van der Waals surface area contributed by atoms with Crippen molar-refractivity contribution < 1.29 is 13.9 Å². The Balaban J connectivity index is 1.71. The molecule has 2 aromatic carbocycles. The van der Waals surface area contributed by atoms with Gasteiger partial charge in [-0.1, -0.05) is 18.2 Å². The molecular formula is C19H18FN3O2. The standard InChI is InChI=1S/C19H18FN3O2/c1-13-5-6-14(11-21)9-17(13)22-19(24)23-7-8-25-18(12-23)15-3-2-4-16(20)10-15/h2-6,9-10,18H,7-8,12H2,1H3,(H,22,24). The highest BCUT2D eigenvalue weighted by molar-refractivity contribution is 5.90. The zero-order chi connectivity index (χ0) is 17.8. The molecule has 1 heterocycles. The number of hydrogen-bond donors (Lipinski definition) is 1. The van der Waals surface area contributed by atoms with Crippen LogP contribution in [-0.4, -0.2) is 30.6 Å². The largest absolute Gasteiger partial charge is 0.370 e. The number of urea groups is 1. The van der Waals surface area contributed by atoms with E-state index in [1.807, 2.05) is 6.92 Å². The normalized spacial score (nSPS) is 17.0. The second-order valence-electron chi connectivity index (χ2n) is 5.93. The highest BCUT2D eigenvalue weighted by Crippen LogP contribution is 2.24. The summed E-state index contributed by atoms with van der Waals surface area (Å²) < 4.78 is 19.1. The third kappa shape index (κ3) is 3.95. The summed E-state index contributed by atoms with van der Waals surface area (Å²) in [5.74, 6) is -0.327. The van der Waals surface area contributed by atoms with E-state index in [1.165, 1.54) is 12.1 Å². The first-order valence-corrected chi connectivity index (χ1v) is 8.00. The number of nitriles is 1. The van der Waals surface area contributed by atoms with Crippen molar-refractivity contribution in [2.75, 3.05) is 25.0 Å². The fourth-order valence-electron chi connectivity index (χ4n) is 2.76. The van der Waals surface area contributed by atoms with E-state index in [2.05, 4.69) is 11.4 Å². The van der Waals surface area contributed by atoms with Crippen LogP contribution in [0.25, 0.3) is 0 Å².